The standard InChI is InChI=1S/C5H12N2O4S/c1-3-6-12(10,11)7-4(2)5(8)9/h4,6-7H,3H2,1-2H3,(H,8,9)/t4-/m0/s1. The predicted octanol–water partition coefficient (Wildman–Crippen LogP) is -1.10. The second-order valence-electron chi connectivity index (χ2n) is 2.18. The normalized spacial score (nSPS) is 14.2. The number of hydrogen-bond acceptors (Lipinski definition) is 3. The Morgan fingerprint density at radius 1 is 1.58 bits per heavy atom. The van der Waals surface area contributed by atoms with E-state index < -0.39 is 22.2 Å². The van der Waals surface area contributed by atoms with Gasteiger partial charge in [-0.2, -0.15) is 13.1 Å². The van der Waals surface area contributed by atoms with E-state index in [1.54, 1.807) is 6.92 Å². The SMILES string of the molecule is CCNS(=O)(=O)N[C@@H](C)C(=O)O. The van der Waals surface area contributed by atoms with Crippen molar-refractivity contribution in [1.82, 2.24) is 9.44 Å². The second-order valence-corrected chi connectivity index (χ2v) is 3.71. The Bertz CT molecular complexity index is 248. The predicted molar refractivity (Wildman–Crippen MR) is 42.8 cm³/mol. The van der Waals surface area contributed by atoms with E-state index >= 15 is 0 Å². The van der Waals surface area contributed by atoms with E-state index in [1.807, 2.05) is 4.72 Å². The second kappa shape index (κ2) is 4.39. The van der Waals surface area contributed by atoms with E-state index in [1.165, 1.54) is 6.92 Å². The molecule has 0 aromatic rings. The molecule has 0 heterocycles. The largest absolute Gasteiger partial charge is 0.480 e. The molecular weight excluding hydrogens is 184 g/mol. The zero-order valence-corrected chi connectivity index (χ0v) is 7.68. The molecule has 0 saturated heterocycles. The van der Waals surface area contributed by atoms with Crippen LogP contribution in [0.3, 0.4) is 0 Å². The summed E-state index contributed by atoms with van der Waals surface area (Å²) in [5.74, 6) is -1.21. The number of nitrogens with one attached hydrogen (secondary N) is 2. The summed E-state index contributed by atoms with van der Waals surface area (Å²) in [4.78, 5) is 10.2. The number of aliphatic carboxylic acids is 1. The van der Waals surface area contributed by atoms with Crippen LogP contribution in [0.4, 0.5) is 0 Å². The molecule has 3 N–H and O–H groups in total. The van der Waals surface area contributed by atoms with Crippen LogP contribution in [0.1, 0.15) is 13.8 Å². The summed E-state index contributed by atoms with van der Waals surface area (Å²) in [6.45, 7) is 3.07. The van der Waals surface area contributed by atoms with Crippen LogP contribution in [0.25, 0.3) is 0 Å². The Morgan fingerprint density at radius 2 is 2.08 bits per heavy atom. The van der Waals surface area contributed by atoms with E-state index in [2.05, 4.69) is 4.72 Å². The molecule has 0 amide bonds. The summed E-state index contributed by atoms with van der Waals surface area (Å²) in [6.07, 6.45) is 0. The maximum Gasteiger partial charge on any atom is 0.321 e. The number of carboxylic acids is 1. The molecule has 0 aromatic carbocycles. The average molecular weight is 196 g/mol. The highest BCUT2D eigenvalue weighted by Crippen LogP contribution is 1.84. The third-order valence-corrected chi connectivity index (χ3v) is 2.37. The van der Waals surface area contributed by atoms with Gasteiger partial charge in [-0.05, 0) is 6.92 Å². The van der Waals surface area contributed by atoms with Crippen molar-refractivity contribution in [2.24, 2.45) is 0 Å². The van der Waals surface area contributed by atoms with Gasteiger partial charge in [-0.1, -0.05) is 6.92 Å². The Balaban J connectivity index is 4.16. The van der Waals surface area contributed by atoms with E-state index in [0.717, 1.165) is 0 Å². The van der Waals surface area contributed by atoms with Crippen LogP contribution in [0, 0.1) is 0 Å². The monoisotopic (exact) mass is 196 g/mol. The van der Waals surface area contributed by atoms with Gasteiger partial charge in [0.1, 0.15) is 6.04 Å². The fraction of sp³-hybridized carbons (Fsp3) is 0.800. The van der Waals surface area contributed by atoms with E-state index in [4.69, 9.17) is 5.11 Å². The molecule has 0 fully saturated rings. The van der Waals surface area contributed by atoms with Crippen molar-refractivity contribution in [3.63, 3.8) is 0 Å². The molecule has 0 spiro atoms. The molecule has 0 aliphatic heterocycles. The quantitative estimate of drug-likeness (QED) is 0.520. The van der Waals surface area contributed by atoms with Gasteiger partial charge >= 0.3 is 5.97 Å². The number of carboxylic acid groups (broad SMARTS) is 1. The number of rotatable bonds is 5. The molecule has 7 heteroatoms. The van der Waals surface area contributed by atoms with E-state index in [-0.39, 0.29) is 6.54 Å². The minimum absolute atomic E-state index is 0.224. The Labute approximate surface area is 71.2 Å². The van der Waals surface area contributed by atoms with Gasteiger partial charge in [-0.15, -0.1) is 0 Å². The molecule has 1 atom stereocenters. The lowest BCUT2D eigenvalue weighted by Crippen LogP contribution is -2.44. The number of hydrogen-bond donors (Lipinski definition) is 3. The zero-order valence-electron chi connectivity index (χ0n) is 6.86. The molecular formula is C5H12N2O4S. The molecule has 0 aliphatic carbocycles. The van der Waals surface area contributed by atoms with Crippen LogP contribution in [0.2, 0.25) is 0 Å². The highest BCUT2D eigenvalue weighted by molar-refractivity contribution is 7.87. The summed E-state index contributed by atoms with van der Waals surface area (Å²) in [5.41, 5.74) is 0. The summed E-state index contributed by atoms with van der Waals surface area (Å²) < 4.78 is 25.7. The molecule has 72 valence electrons. The van der Waals surface area contributed by atoms with Gasteiger partial charge in [0, 0.05) is 6.54 Å². The lowest BCUT2D eigenvalue weighted by molar-refractivity contribution is -0.138. The lowest BCUT2D eigenvalue weighted by atomic mass is 10.4. The summed E-state index contributed by atoms with van der Waals surface area (Å²) >= 11 is 0. The first-order chi connectivity index (χ1) is 5.39. The fourth-order valence-electron chi connectivity index (χ4n) is 0.515. The van der Waals surface area contributed by atoms with Crippen LogP contribution >= 0.6 is 0 Å². The van der Waals surface area contributed by atoms with Gasteiger partial charge < -0.3 is 5.11 Å². The van der Waals surface area contributed by atoms with Crippen molar-refractivity contribution in [2.75, 3.05) is 6.54 Å². The molecule has 6 nitrogen and oxygen atoms in total. The Morgan fingerprint density at radius 3 is 2.42 bits per heavy atom. The lowest BCUT2D eigenvalue weighted by Gasteiger charge is -2.09. The summed E-state index contributed by atoms with van der Waals surface area (Å²) in [6, 6.07) is -1.12. The molecule has 0 bridgehead atoms. The van der Waals surface area contributed by atoms with Crippen LogP contribution in [-0.4, -0.2) is 32.1 Å². The fourth-order valence-corrected chi connectivity index (χ4v) is 1.54. The van der Waals surface area contributed by atoms with Gasteiger partial charge in [0.05, 0.1) is 0 Å². The van der Waals surface area contributed by atoms with E-state index in [0.29, 0.717) is 0 Å². The smallest absolute Gasteiger partial charge is 0.321 e. The third-order valence-electron chi connectivity index (χ3n) is 1.04. The van der Waals surface area contributed by atoms with Gasteiger partial charge in [0.2, 0.25) is 0 Å². The van der Waals surface area contributed by atoms with Crippen molar-refractivity contribution >= 4 is 16.2 Å². The van der Waals surface area contributed by atoms with Crippen molar-refractivity contribution in [3.8, 4) is 0 Å². The maximum atomic E-state index is 10.9. The molecule has 0 aliphatic rings. The molecule has 0 unspecified atom stereocenters. The van der Waals surface area contributed by atoms with E-state index in [9.17, 15) is 13.2 Å². The molecule has 0 saturated carbocycles. The third kappa shape index (κ3) is 4.27. The van der Waals surface area contributed by atoms with Crippen LogP contribution < -0.4 is 9.44 Å². The first-order valence-corrected chi connectivity index (χ1v) is 4.87. The van der Waals surface area contributed by atoms with Gasteiger partial charge in [-0.3, -0.25) is 4.79 Å². The van der Waals surface area contributed by atoms with Gasteiger partial charge in [0.15, 0.2) is 0 Å². The van der Waals surface area contributed by atoms with Crippen molar-refractivity contribution < 1.29 is 18.3 Å². The summed E-state index contributed by atoms with van der Waals surface area (Å²) in [5, 5.41) is 8.36. The molecule has 0 aromatic heterocycles. The van der Waals surface area contributed by atoms with Crippen molar-refractivity contribution in [2.45, 2.75) is 19.9 Å². The first-order valence-electron chi connectivity index (χ1n) is 3.38. The first kappa shape index (κ1) is 11.3. The van der Waals surface area contributed by atoms with Crippen LogP contribution in [0.15, 0.2) is 0 Å². The number of carbonyl (C=O) groups is 1. The maximum absolute atomic E-state index is 10.9. The van der Waals surface area contributed by atoms with Crippen LogP contribution in [-0.2, 0) is 15.0 Å². The van der Waals surface area contributed by atoms with Crippen molar-refractivity contribution in [3.05, 3.63) is 0 Å². The van der Waals surface area contributed by atoms with Gasteiger partial charge in [-0.25, -0.2) is 4.72 Å². The topological polar surface area (TPSA) is 95.5 Å². The Kier molecular flexibility index (Phi) is 4.15. The molecule has 0 radical (unpaired) electrons. The van der Waals surface area contributed by atoms with Crippen molar-refractivity contribution in [1.29, 1.82) is 0 Å². The minimum Gasteiger partial charge on any atom is -0.480 e. The van der Waals surface area contributed by atoms with Crippen LogP contribution in [0.5, 0.6) is 0 Å². The highest BCUT2D eigenvalue weighted by Gasteiger charge is 2.17. The minimum atomic E-state index is -3.66. The zero-order chi connectivity index (χ0) is 9.78. The Hall–Kier alpha value is -0.660. The molecule has 12 heavy (non-hydrogen) atoms. The highest BCUT2D eigenvalue weighted by atomic mass is 32.2. The van der Waals surface area contributed by atoms with Gasteiger partial charge in [0.25, 0.3) is 10.2 Å². The molecule has 0 rings (SSSR count). The average Bonchev–Trinajstić information content (AvgIpc) is 1.85. The summed E-state index contributed by atoms with van der Waals surface area (Å²) in [7, 11) is -3.66.